The maximum Gasteiger partial charge on any atom is 0.320 e. The summed E-state index contributed by atoms with van der Waals surface area (Å²) in [6, 6.07) is 9.68. The Bertz CT molecular complexity index is 859. The summed E-state index contributed by atoms with van der Waals surface area (Å²) < 4.78 is 0. The zero-order chi connectivity index (χ0) is 20.3. The van der Waals surface area contributed by atoms with Crippen molar-refractivity contribution in [2.24, 2.45) is 0 Å². The number of pyridine rings is 1. The van der Waals surface area contributed by atoms with E-state index < -0.39 is 17.7 Å². The summed E-state index contributed by atoms with van der Waals surface area (Å²) in [7, 11) is 0. The summed E-state index contributed by atoms with van der Waals surface area (Å²) in [4.78, 5) is 18.6. The fourth-order valence-corrected chi connectivity index (χ4v) is 3.04. The first-order chi connectivity index (χ1) is 13.3. The number of carbonyl (C=O) groups is 1. The molecule has 1 aliphatic heterocycles. The Labute approximate surface area is 164 Å². The van der Waals surface area contributed by atoms with Crippen LogP contribution in [0.25, 0.3) is 0 Å². The molecule has 0 bridgehead atoms. The SMILES string of the molecule is CC(C)(O)C(NC(=O)Nc1cc(N)c(C(=N)N2CCC2)cn1)c1ccccc1. The van der Waals surface area contributed by atoms with Gasteiger partial charge in [-0.2, -0.15) is 0 Å². The van der Waals surface area contributed by atoms with Gasteiger partial charge in [0.15, 0.2) is 0 Å². The molecule has 1 aromatic heterocycles. The van der Waals surface area contributed by atoms with Crippen molar-refractivity contribution in [1.29, 1.82) is 5.41 Å². The lowest BCUT2D eigenvalue weighted by atomic mass is 9.92. The van der Waals surface area contributed by atoms with Gasteiger partial charge in [0.1, 0.15) is 11.7 Å². The van der Waals surface area contributed by atoms with Crippen LogP contribution in [0.5, 0.6) is 0 Å². The smallest absolute Gasteiger partial charge is 0.320 e. The van der Waals surface area contributed by atoms with Crippen LogP contribution in [-0.4, -0.2) is 45.5 Å². The summed E-state index contributed by atoms with van der Waals surface area (Å²) >= 11 is 0. The van der Waals surface area contributed by atoms with Crippen LogP contribution < -0.4 is 16.4 Å². The maximum atomic E-state index is 12.5. The second-order valence-electron chi connectivity index (χ2n) is 7.44. The van der Waals surface area contributed by atoms with Gasteiger partial charge in [0.2, 0.25) is 0 Å². The van der Waals surface area contributed by atoms with Gasteiger partial charge >= 0.3 is 6.03 Å². The van der Waals surface area contributed by atoms with Crippen molar-refractivity contribution < 1.29 is 9.90 Å². The Morgan fingerprint density at radius 1 is 1.32 bits per heavy atom. The van der Waals surface area contributed by atoms with Crippen molar-refractivity contribution in [2.75, 3.05) is 24.1 Å². The van der Waals surface area contributed by atoms with Crippen LogP contribution in [-0.2, 0) is 0 Å². The van der Waals surface area contributed by atoms with Gasteiger partial charge in [-0.3, -0.25) is 10.7 Å². The predicted octanol–water partition coefficient (Wildman–Crippen LogP) is 2.33. The number of hydrogen-bond donors (Lipinski definition) is 5. The largest absolute Gasteiger partial charge is 0.398 e. The van der Waals surface area contributed by atoms with Crippen LogP contribution >= 0.6 is 0 Å². The molecule has 28 heavy (non-hydrogen) atoms. The maximum absolute atomic E-state index is 12.5. The van der Waals surface area contributed by atoms with E-state index in [1.54, 1.807) is 13.8 Å². The van der Waals surface area contributed by atoms with E-state index >= 15 is 0 Å². The Kier molecular flexibility index (Phi) is 5.51. The first-order valence-electron chi connectivity index (χ1n) is 9.20. The average molecular weight is 382 g/mol. The monoisotopic (exact) mass is 382 g/mol. The van der Waals surface area contributed by atoms with Gasteiger partial charge in [-0.05, 0) is 25.8 Å². The molecule has 1 fully saturated rings. The number of aromatic nitrogens is 1. The summed E-state index contributed by atoms with van der Waals surface area (Å²) in [5.74, 6) is 0.621. The van der Waals surface area contributed by atoms with Crippen LogP contribution in [0.15, 0.2) is 42.6 Å². The van der Waals surface area contributed by atoms with E-state index in [2.05, 4.69) is 15.6 Å². The molecule has 0 saturated carbocycles. The molecule has 1 saturated heterocycles. The molecule has 1 aliphatic rings. The normalized spacial score (nSPS) is 14.8. The van der Waals surface area contributed by atoms with E-state index in [4.69, 9.17) is 11.1 Å². The molecule has 2 heterocycles. The number of rotatable bonds is 5. The molecule has 0 spiro atoms. The lowest BCUT2D eigenvalue weighted by Gasteiger charge is -2.33. The van der Waals surface area contributed by atoms with Gasteiger partial charge in [-0.25, -0.2) is 9.78 Å². The Morgan fingerprint density at radius 2 is 2.00 bits per heavy atom. The van der Waals surface area contributed by atoms with Crippen molar-refractivity contribution in [1.82, 2.24) is 15.2 Å². The summed E-state index contributed by atoms with van der Waals surface area (Å²) in [5, 5.41) is 24.1. The zero-order valence-corrected chi connectivity index (χ0v) is 16.1. The van der Waals surface area contributed by atoms with Crippen LogP contribution in [0.3, 0.4) is 0 Å². The van der Waals surface area contributed by atoms with Gasteiger partial charge in [0.25, 0.3) is 0 Å². The Balaban J connectivity index is 1.69. The highest BCUT2D eigenvalue weighted by atomic mass is 16.3. The number of amides is 2. The van der Waals surface area contributed by atoms with Crippen molar-refractivity contribution >= 4 is 23.4 Å². The molecule has 6 N–H and O–H groups in total. The molecule has 1 atom stereocenters. The van der Waals surface area contributed by atoms with E-state index in [1.807, 2.05) is 35.2 Å². The van der Waals surface area contributed by atoms with E-state index in [0.29, 0.717) is 17.1 Å². The third-order valence-electron chi connectivity index (χ3n) is 4.72. The lowest BCUT2D eigenvalue weighted by Crippen LogP contribution is -2.44. The molecular formula is C20H26N6O2. The average Bonchev–Trinajstić information content (AvgIpc) is 2.58. The fraction of sp³-hybridized carbons (Fsp3) is 0.350. The number of nitrogen functional groups attached to an aromatic ring is 1. The molecule has 1 aromatic carbocycles. The van der Waals surface area contributed by atoms with Gasteiger partial charge in [0, 0.05) is 31.0 Å². The third kappa shape index (κ3) is 4.40. The number of nitrogens with zero attached hydrogens (tertiary/aromatic N) is 2. The van der Waals surface area contributed by atoms with Crippen LogP contribution in [0, 0.1) is 5.41 Å². The predicted molar refractivity (Wildman–Crippen MR) is 109 cm³/mol. The van der Waals surface area contributed by atoms with Crippen molar-refractivity contribution in [2.45, 2.75) is 31.9 Å². The van der Waals surface area contributed by atoms with Gasteiger partial charge in [-0.15, -0.1) is 0 Å². The van der Waals surface area contributed by atoms with Gasteiger partial charge < -0.3 is 21.1 Å². The molecule has 2 amide bonds. The number of hydrogen-bond acceptors (Lipinski definition) is 5. The van der Waals surface area contributed by atoms with Crippen LogP contribution in [0.1, 0.15) is 37.4 Å². The number of benzene rings is 1. The van der Waals surface area contributed by atoms with E-state index in [-0.39, 0.29) is 5.82 Å². The first kappa shape index (κ1) is 19.6. The number of amidine groups is 1. The van der Waals surface area contributed by atoms with Crippen molar-refractivity contribution in [3.63, 3.8) is 0 Å². The second kappa shape index (κ2) is 7.85. The number of anilines is 2. The molecule has 0 aliphatic carbocycles. The third-order valence-corrected chi connectivity index (χ3v) is 4.72. The van der Waals surface area contributed by atoms with Gasteiger partial charge in [0.05, 0.1) is 17.2 Å². The number of nitrogens with one attached hydrogen (secondary N) is 3. The number of likely N-dealkylation sites (tertiary alicyclic amines) is 1. The van der Waals surface area contributed by atoms with Crippen LogP contribution in [0.4, 0.5) is 16.3 Å². The lowest BCUT2D eigenvalue weighted by molar-refractivity contribution is 0.0415. The van der Waals surface area contributed by atoms with Crippen LogP contribution in [0.2, 0.25) is 0 Å². The number of urea groups is 1. The van der Waals surface area contributed by atoms with Gasteiger partial charge in [-0.1, -0.05) is 30.3 Å². The number of aliphatic hydroxyl groups is 1. The molecule has 8 heteroatoms. The van der Waals surface area contributed by atoms with E-state index in [0.717, 1.165) is 25.1 Å². The summed E-state index contributed by atoms with van der Waals surface area (Å²) in [6.45, 7) is 4.96. The quantitative estimate of drug-likeness (QED) is 0.401. The molecule has 1 unspecified atom stereocenters. The molecule has 8 nitrogen and oxygen atoms in total. The minimum Gasteiger partial charge on any atom is -0.398 e. The zero-order valence-electron chi connectivity index (χ0n) is 16.1. The Morgan fingerprint density at radius 3 is 2.54 bits per heavy atom. The molecule has 0 radical (unpaired) electrons. The van der Waals surface area contributed by atoms with E-state index in [9.17, 15) is 9.90 Å². The molecular weight excluding hydrogens is 356 g/mol. The first-order valence-corrected chi connectivity index (χ1v) is 9.20. The minimum atomic E-state index is -1.17. The highest BCUT2D eigenvalue weighted by Gasteiger charge is 2.30. The molecule has 3 rings (SSSR count). The number of carbonyl (C=O) groups excluding carboxylic acids is 1. The van der Waals surface area contributed by atoms with E-state index in [1.165, 1.54) is 12.3 Å². The highest BCUT2D eigenvalue weighted by molar-refractivity contribution is 6.01. The highest BCUT2D eigenvalue weighted by Crippen LogP contribution is 2.25. The molecule has 2 aromatic rings. The van der Waals surface area contributed by atoms with Crippen molar-refractivity contribution in [3.05, 3.63) is 53.7 Å². The topological polar surface area (TPSA) is 127 Å². The Hall–Kier alpha value is -3.13. The summed E-state index contributed by atoms with van der Waals surface area (Å²) in [5.41, 5.74) is 6.60. The number of nitrogens with two attached hydrogens (primary N) is 1. The minimum absolute atomic E-state index is 0.276. The summed E-state index contributed by atoms with van der Waals surface area (Å²) in [6.07, 6.45) is 2.57. The fourth-order valence-electron chi connectivity index (χ4n) is 3.04. The standard InChI is InChI=1S/C20H26N6O2/c1-20(2,28)17(13-7-4-3-5-8-13)25-19(27)24-16-11-15(21)14(12-23-16)18(22)26-9-6-10-26/h3-5,7-8,11-12,17,22,28H,6,9-10H2,1-2H3,(H4,21,23,24,25,27). The molecule has 148 valence electrons. The second-order valence-corrected chi connectivity index (χ2v) is 7.44. The van der Waals surface area contributed by atoms with Crippen molar-refractivity contribution in [3.8, 4) is 0 Å².